The number of likely N-dealkylation sites (tertiary alicyclic amines) is 1. The molecule has 20 heavy (non-hydrogen) atoms. The van der Waals surface area contributed by atoms with Crippen LogP contribution in [0.15, 0.2) is 0 Å². The summed E-state index contributed by atoms with van der Waals surface area (Å²) in [6, 6.07) is -1.37. The van der Waals surface area contributed by atoms with Crippen molar-refractivity contribution in [1.29, 1.82) is 0 Å². The summed E-state index contributed by atoms with van der Waals surface area (Å²) in [5, 5.41) is 17.9. The number of imide groups is 1. The van der Waals surface area contributed by atoms with Gasteiger partial charge in [-0.25, -0.2) is 14.5 Å². The van der Waals surface area contributed by atoms with Gasteiger partial charge in [-0.15, -0.1) is 0 Å². The molecule has 0 saturated carbocycles. The largest absolute Gasteiger partial charge is 0.480 e. The number of hydrogen-bond donors (Lipinski definition) is 2. The molecule has 0 radical (unpaired) electrons. The van der Waals surface area contributed by atoms with Gasteiger partial charge < -0.3 is 14.6 Å². The second-order valence-corrected chi connectivity index (χ2v) is 11.2. The normalized spacial score (nSPS) is 24.1. The van der Waals surface area contributed by atoms with E-state index in [2.05, 4.69) is 0 Å². The Morgan fingerprint density at radius 1 is 1.30 bits per heavy atom. The lowest BCUT2D eigenvalue weighted by Crippen LogP contribution is -2.47. The fourth-order valence-electron chi connectivity index (χ4n) is 1.79. The minimum Gasteiger partial charge on any atom is -0.480 e. The summed E-state index contributed by atoms with van der Waals surface area (Å²) in [6.45, 7) is 9.83. The van der Waals surface area contributed by atoms with Gasteiger partial charge in [0.05, 0.1) is 0 Å². The van der Waals surface area contributed by atoms with Gasteiger partial charge in [0.15, 0.2) is 8.32 Å². The fourth-order valence-corrected chi connectivity index (χ4v) is 3.05. The molecule has 114 valence electrons. The van der Waals surface area contributed by atoms with E-state index >= 15 is 0 Å². The zero-order valence-corrected chi connectivity index (χ0v) is 13.3. The number of carboxylic acids is 1. The van der Waals surface area contributed by atoms with Gasteiger partial charge in [-0.3, -0.25) is 4.79 Å². The Balaban J connectivity index is 2.98. The van der Waals surface area contributed by atoms with E-state index < -0.39 is 38.4 Å². The number of aliphatic carboxylic acids is 1. The van der Waals surface area contributed by atoms with Crippen LogP contribution in [-0.2, 0) is 14.0 Å². The zero-order valence-electron chi connectivity index (χ0n) is 12.3. The molecule has 8 heteroatoms. The molecular formula is C12H21NO6Si. The SMILES string of the molecule is CC(C)(C)[Si](C)(C)O[C@@H]1C[C@@H](C(=O)O)N(C(=O)O)C1=O. The molecule has 0 aromatic carbocycles. The molecule has 1 fully saturated rings. The van der Waals surface area contributed by atoms with E-state index in [0.717, 1.165) is 0 Å². The summed E-state index contributed by atoms with van der Waals surface area (Å²) >= 11 is 0. The fraction of sp³-hybridized carbons (Fsp3) is 0.750. The molecule has 1 aliphatic heterocycles. The van der Waals surface area contributed by atoms with Gasteiger partial charge in [0.1, 0.15) is 12.1 Å². The molecule has 2 atom stereocenters. The molecule has 2 N–H and O–H groups in total. The lowest BCUT2D eigenvalue weighted by Gasteiger charge is -2.37. The number of carbonyl (C=O) groups is 3. The molecule has 0 aliphatic carbocycles. The number of carbonyl (C=O) groups excluding carboxylic acids is 1. The van der Waals surface area contributed by atoms with E-state index in [0.29, 0.717) is 4.90 Å². The van der Waals surface area contributed by atoms with Crippen molar-refractivity contribution in [2.24, 2.45) is 0 Å². The smallest absolute Gasteiger partial charge is 0.414 e. The molecule has 2 amide bonds. The van der Waals surface area contributed by atoms with E-state index in [1.54, 1.807) is 0 Å². The van der Waals surface area contributed by atoms with Gasteiger partial charge in [-0.2, -0.15) is 0 Å². The average molecular weight is 303 g/mol. The Bertz CT molecular complexity index is 442. The van der Waals surface area contributed by atoms with E-state index in [1.807, 2.05) is 33.9 Å². The highest BCUT2D eigenvalue weighted by molar-refractivity contribution is 6.74. The molecule has 1 heterocycles. The van der Waals surface area contributed by atoms with Crippen LogP contribution in [-0.4, -0.2) is 53.5 Å². The number of amides is 2. The lowest BCUT2D eigenvalue weighted by molar-refractivity contribution is -0.145. The highest BCUT2D eigenvalue weighted by atomic mass is 28.4. The van der Waals surface area contributed by atoms with Crippen LogP contribution < -0.4 is 0 Å². The summed E-state index contributed by atoms with van der Waals surface area (Å²) in [5.74, 6) is -2.11. The summed E-state index contributed by atoms with van der Waals surface area (Å²) in [4.78, 5) is 34.5. The first-order chi connectivity index (χ1) is 8.88. The highest BCUT2D eigenvalue weighted by Gasteiger charge is 2.51. The van der Waals surface area contributed by atoms with Crippen molar-refractivity contribution in [2.75, 3.05) is 0 Å². The first kappa shape index (κ1) is 16.6. The molecule has 0 aromatic rings. The van der Waals surface area contributed by atoms with Gasteiger partial charge in [-0.05, 0) is 18.1 Å². The van der Waals surface area contributed by atoms with Crippen LogP contribution in [0, 0.1) is 0 Å². The quantitative estimate of drug-likeness (QED) is 0.770. The number of rotatable bonds is 3. The van der Waals surface area contributed by atoms with Gasteiger partial charge in [0.25, 0.3) is 5.91 Å². The van der Waals surface area contributed by atoms with E-state index in [9.17, 15) is 14.4 Å². The molecule has 7 nitrogen and oxygen atoms in total. The topological polar surface area (TPSA) is 104 Å². The molecule has 1 rings (SSSR count). The third-order valence-electron chi connectivity index (χ3n) is 4.00. The second-order valence-electron chi connectivity index (χ2n) is 6.45. The van der Waals surface area contributed by atoms with Crippen LogP contribution in [0.1, 0.15) is 27.2 Å². The Kier molecular flexibility index (Phi) is 4.30. The second kappa shape index (κ2) is 5.17. The summed E-state index contributed by atoms with van der Waals surface area (Å²) < 4.78 is 5.86. The van der Waals surface area contributed by atoms with Crippen molar-refractivity contribution < 1.29 is 29.0 Å². The third-order valence-corrected chi connectivity index (χ3v) is 8.48. The van der Waals surface area contributed by atoms with Crippen molar-refractivity contribution in [2.45, 2.75) is 57.5 Å². The molecular weight excluding hydrogens is 282 g/mol. The third kappa shape index (κ3) is 3.01. The van der Waals surface area contributed by atoms with Crippen LogP contribution in [0.5, 0.6) is 0 Å². The predicted molar refractivity (Wildman–Crippen MR) is 73.0 cm³/mol. The Morgan fingerprint density at radius 3 is 2.10 bits per heavy atom. The van der Waals surface area contributed by atoms with Crippen LogP contribution in [0.4, 0.5) is 4.79 Å². The Morgan fingerprint density at radius 2 is 1.80 bits per heavy atom. The standard InChI is InChI=1S/C12H21NO6Si/c1-12(2,3)20(4,5)19-8-6-7(10(15)16)13(9(8)14)11(17)18/h7-8H,6H2,1-5H3,(H,15,16)(H,17,18)/t7-,8+/m0/s1. The first-order valence-corrected chi connectivity index (χ1v) is 9.26. The van der Waals surface area contributed by atoms with E-state index in [-0.39, 0.29) is 11.5 Å². The lowest BCUT2D eigenvalue weighted by atomic mass is 10.2. The summed E-state index contributed by atoms with van der Waals surface area (Å²) in [6.07, 6.45) is -2.68. The summed E-state index contributed by atoms with van der Waals surface area (Å²) in [5.41, 5.74) is 0. The molecule has 1 aliphatic rings. The van der Waals surface area contributed by atoms with Crippen molar-refractivity contribution in [3.8, 4) is 0 Å². The van der Waals surface area contributed by atoms with Gasteiger partial charge in [-0.1, -0.05) is 20.8 Å². The van der Waals surface area contributed by atoms with Gasteiger partial charge >= 0.3 is 12.1 Å². The molecule has 1 saturated heterocycles. The van der Waals surface area contributed by atoms with Crippen molar-refractivity contribution in [3.05, 3.63) is 0 Å². The maximum absolute atomic E-state index is 12.0. The molecule has 0 aromatic heterocycles. The van der Waals surface area contributed by atoms with Crippen molar-refractivity contribution in [1.82, 2.24) is 4.90 Å². The Hall–Kier alpha value is -1.41. The molecule has 0 spiro atoms. The maximum atomic E-state index is 12.0. The molecule has 0 unspecified atom stereocenters. The minimum atomic E-state index is -2.27. The number of carboxylic acid groups (broad SMARTS) is 2. The number of hydrogen-bond acceptors (Lipinski definition) is 4. The van der Waals surface area contributed by atoms with Crippen LogP contribution in [0.2, 0.25) is 18.1 Å². The monoisotopic (exact) mass is 303 g/mol. The van der Waals surface area contributed by atoms with Crippen LogP contribution in [0.25, 0.3) is 0 Å². The van der Waals surface area contributed by atoms with E-state index in [1.165, 1.54) is 0 Å². The maximum Gasteiger partial charge on any atom is 0.414 e. The first-order valence-electron chi connectivity index (χ1n) is 6.35. The summed E-state index contributed by atoms with van der Waals surface area (Å²) in [7, 11) is -2.27. The Labute approximate surface area is 118 Å². The average Bonchev–Trinajstić information content (AvgIpc) is 2.54. The van der Waals surface area contributed by atoms with Crippen molar-refractivity contribution >= 4 is 26.3 Å². The highest BCUT2D eigenvalue weighted by Crippen LogP contribution is 2.39. The zero-order chi connectivity index (χ0) is 15.9. The van der Waals surface area contributed by atoms with E-state index in [4.69, 9.17) is 14.6 Å². The van der Waals surface area contributed by atoms with Crippen LogP contribution in [0.3, 0.4) is 0 Å². The molecule has 0 bridgehead atoms. The van der Waals surface area contributed by atoms with Gasteiger partial charge in [0.2, 0.25) is 0 Å². The predicted octanol–water partition coefficient (Wildman–Crippen LogP) is 1.74. The minimum absolute atomic E-state index is 0.132. The van der Waals surface area contributed by atoms with Crippen LogP contribution >= 0.6 is 0 Å². The van der Waals surface area contributed by atoms with Crippen molar-refractivity contribution in [3.63, 3.8) is 0 Å². The number of nitrogens with zero attached hydrogens (tertiary/aromatic N) is 1. The van der Waals surface area contributed by atoms with Gasteiger partial charge in [0, 0.05) is 6.42 Å².